The molecule has 0 unspecified atom stereocenters. The predicted octanol–water partition coefficient (Wildman–Crippen LogP) is 2.06. The molecule has 0 aromatic carbocycles. The van der Waals surface area contributed by atoms with Gasteiger partial charge in [0, 0.05) is 17.2 Å². The van der Waals surface area contributed by atoms with Gasteiger partial charge in [-0.1, -0.05) is 6.42 Å². The molecule has 3 saturated carbocycles. The first-order valence-electron chi connectivity index (χ1n) is 5.22. The maximum atomic E-state index is 4.53. The van der Waals surface area contributed by atoms with E-state index in [1.807, 2.05) is 0 Å². The van der Waals surface area contributed by atoms with Crippen molar-refractivity contribution in [2.75, 3.05) is 0 Å². The largest absolute Gasteiger partial charge is 0.307 e. The van der Waals surface area contributed by atoms with E-state index in [4.69, 9.17) is 0 Å². The van der Waals surface area contributed by atoms with Gasteiger partial charge in [0.1, 0.15) is 0 Å². The fourth-order valence-electron chi connectivity index (χ4n) is 2.29. The van der Waals surface area contributed by atoms with Crippen LogP contribution in [0.5, 0.6) is 0 Å². The topological polar surface area (TPSA) is 24.4 Å². The number of nitrogens with one attached hydrogen (secondary N) is 1. The molecule has 2 heteroatoms. The van der Waals surface area contributed by atoms with Gasteiger partial charge in [-0.15, -0.1) is 0 Å². The molecule has 1 spiro atoms. The van der Waals surface area contributed by atoms with Gasteiger partial charge < -0.3 is 5.43 Å². The maximum Gasteiger partial charge on any atom is 0.0441 e. The van der Waals surface area contributed by atoms with Crippen molar-refractivity contribution in [1.29, 1.82) is 0 Å². The molecule has 3 aliphatic carbocycles. The highest BCUT2D eigenvalue weighted by atomic mass is 15.3. The summed E-state index contributed by atoms with van der Waals surface area (Å²) < 4.78 is 0. The Morgan fingerprint density at radius 2 is 2.08 bits per heavy atom. The molecule has 0 saturated heterocycles. The summed E-state index contributed by atoms with van der Waals surface area (Å²) in [5.41, 5.74) is 5.37. The lowest BCUT2D eigenvalue weighted by Crippen LogP contribution is -2.47. The van der Waals surface area contributed by atoms with Crippen molar-refractivity contribution in [3.05, 3.63) is 0 Å². The highest BCUT2D eigenvalue weighted by Gasteiger charge is 2.48. The summed E-state index contributed by atoms with van der Waals surface area (Å²) in [5, 5.41) is 4.53. The molecule has 0 amide bonds. The van der Waals surface area contributed by atoms with Crippen LogP contribution in [0.3, 0.4) is 0 Å². The molecule has 0 bridgehead atoms. The van der Waals surface area contributed by atoms with Crippen molar-refractivity contribution in [3.8, 4) is 0 Å². The van der Waals surface area contributed by atoms with E-state index in [0.29, 0.717) is 5.41 Å². The van der Waals surface area contributed by atoms with E-state index in [1.54, 1.807) is 0 Å². The number of hydrogen-bond donors (Lipinski definition) is 1. The molecule has 2 nitrogen and oxygen atoms in total. The van der Waals surface area contributed by atoms with Gasteiger partial charge in [-0.2, -0.15) is 5.10 Å². The van der Waals surface area contributed by atoms with E-state index in [1.165, 1.54) is 50.7 Å². The zero-order valence-electron chi connectivity index (χ0n) is 7.47. The van der Waals surface area contributed by atoms with E-state index in [2.05, 4.69) is 10.5 Å². The maximum absolute atomic E-state index is 4.53. The van der Waals surface area contributed by atoms with Gasteiger partial charge in [0.2, 0.25) is 0 Å². The molecular weight excluding hydrogens is 148 g/mol. The van der Waals surface area contributed by atoms with Crippen LogP contribution in [0.15, 0.2) is 5.10 Å². The van der Waals surface area contributed by atoms with Crippen molar-refractivity contribution < 1.29 is 0 Å². The Morgan fingerprint density at radius 1 is 1.25 bits per heavy atom. The highest BCUT2D eigenvalue weighted by molar-refractivity contribution is 5.96. The van der Waals surface area contributed by atoms with E-state index in [-0.39, 0.29) is 0 Å². The fourth-order valence-corrected chi connectivity index (χ4v) is 2.29. The Hall–Kier alpha value is -0.530. The van der Waals surface area contributed by atoms with Crippen LogP contribution < -0.4 is 5.43 Å². The Kier molecular flexibility index (Phi) is 1.29. The van der Waals surface area contributed by atoms with Crippen molar-refractivity contribution in [2.24, 2.45) is 10.5 Å². The van der Waals surface area contributed by atoms with E-state index in [0.717, 1.165) is 6.04 Å². The predicted molar refractivity (Wildman–Crippen MR) is 49.1 cm³/mol. The van der Waals surface area contributed by atoms with E-state index in [9.17, 15) is 0 Å². The lowest BCUT2D eigenvalue weighted by molar-refractivity contribution is 0.174. The summed E-state index contributed by atoms with van der Waals surface area (Å²) in [6.07, 6.45) is 9.62. The third-order valence-electron chi connectivity index (χ3n) is 3.72. The average molecular weight is 164 g/mol. The number of nitrogens with zero attached hydrogens (tertiary/aromatic N) is 1. The minimum absolute atomic E-state index is 0.613. The SMILES string of the molecule is C1CC2(C1)CC/C2=N\NC1CC1. The number of hydrogen-bond acceptors (Lipinski definition) is 2. The van der Waals surface area contributed by atoms with Crippen molar-refractivity contribution in [1.82, 2.24) is 5.43 Å². The second-order valence-corrected chi connectivity index (χ2v) is 4.60. The molecule has 0 aromatic heterocycles. The first kappa shape index (κ1) is 6.93. The Balaban J connectivity index is 1.63. The number of rotatable bonds is 2. The molecule has 3 aliphatic rings. The Bertz CT molecular complexity index is 218. The van der Waals surface area contributed by atoms with Gasteiger partial charge in [-0.05, 0) is 38.5 Å². The van der Waals surface area contributed by atoms with Crippen LogP contribution in [0.4, 0.5) is 0 Å². The average Bonchev–Trinajstić information content (AvgIpc) is 2.65. The lowest BCUT2D eigenvalue weighted by Gasteiger charge is -2.50. The molecule has 12 heavy (non-hydrogen) atoms. The Morgan fingerprint density at radius 3 is 2.50 bits per heavy atom. The monoisotopic (exact) mass is 164 g/mol. The standard InChI is InChI=1S/C10H16N2/c1-5-10(6-1)7-4-9(10)12-11-8-2-3-8/h8,11H,1-7H2/b12-9+. The summed E-state index contributed by atoms with van der Waals surface area (Å²) in [4.78, 5) is 0. The summed E-state index contributed by atoms with van der Waals surface area (Å²) in [6, 6.07) is 0.732. The van der Waals surface area contributed by atoms with Crippen LogP contribution in [-0.4, -0.2) is 11.8 Å². The second kappa shape index (κ2) is 2.24. The smallest absolute Gasteiger partial charge is 0.0441 e. The molecular formula is C10H16N2. The third-order valence-corrected chi connectivity index (χ3v) is 3.72. The Labute approximate surface area is 73.4 Å². The fraction of sp³-hybridized carbons (Fsp3) is 0.900. The van der Waals surface area contributed by atoms with Gasteiger partial charge in [0.15, 0.2) is 0 Å². The highest BCUT2D eigenvalue weighted by Crippen LogP contribution is 2.53. The van der Waals surface area contributed by atoms with Gasteiger partial charge in [-0.3, -0.25) is 0 Å². The summed E-state index contributed by atoms with van der Waals surface area (Å²) in [5.74, 6) is 0. The summed E-state index contributed by atoms with van der Waals surface area (Å²) in [6.45, 7) is 0. The van der Waals surface area contributed by atoms with Crippen LogP contribution in [0, 0.1) is 5.41 Å². The van der Waals surface area contributed by atoms with Gasteiger partial charge in [-0.25, -0.2) is 0 Å². The van der Waals surface area contributed by atoms with Crippen LogP contribution in [0.25, 0.3) is 0 Å². The molecule has 0 atom stereocenters. The minimum atomic E-state index is 0.613. The summed E-state index contributed by atoms with van der Waals surface area (Å²) in [7, 11) is 0. The van der Waals surface area contributed by atoms with Gasteiger partial charge in [0.25, 0.3) is 0 Å². The first-order valence-corrected chi connectivity index (χ1v) is 5.22. The first-order chi connectivity index (χ1) is 5.89. The molecule has 0 radical (unpaired) electrons. The zero-order chi connectivity index (χ0) is 8.02. The molecule has 66 valence electrons. The summed E-state index contributed by atoms with van der Waals surface area (Å²) >= 11 is 0. The van der Waals surface area contributed by atoms with Crippen LogP contribution in [0.1, 0.15) is 44.9 Å². The normalized spacial score (nSPS) is 34.5. The molecule has 0 aromatic rings. The van der Waals surface area contributed by atoms with E-state index < -0.39 is 0 Å². The molecule has 0 aliphatic heterocycles. The molecule has 1 N–H and O–H groups in total. The lowest BCUT2D eigenvalue weighted by atomic mass is 9.55. The quantitative estimate of drug-likeness (QED) is 0.621. The van der Waals surface area contributed by atoms with Crippen molar-refractivity contribution >= 4 is 5.71 Å². The van der Waals surface area contributed by atoms with Gasteiger partial charge in [0.05, 0.1) is 0 Å². The molecule has 3 rings (SSSR count). The van der Waals surface area contributed by atoms with Crippen LogP contribution in [0.2, 0.25) is 0 Å². The third kappa shape index (κ3) is 0.900. The zero-order valence-corrected chi connectivity index (χ0v) is 7.47. The number of hydrazone groups is 1. The molecule has 0 heterocycles. The molecule has 3 fully saturated rings. The minimum Gasteiger partial charge on any atom is -0.307 e. The van der Waals surface area contributed by atoms with Crippen molar-refractivity contribution in [2.45, 2.75) is 51.0 Å². The van der Waals surface area contributed by atoms with Crippen LogP contribution >= 0.6 is 0 Å². The van der Waals surface area contributed by atoms with Crippen LogP contribution in [-0.2, 0) is 0 Å². The second-order valence-electron chi connectivity index (χ2n) is 4.60. The van der Waals surface area contributed by atoms with Crippen molar-refractivity contribution in [3.63, 3.8) is 0 Å². The van der Waals surface area contributed by atoms with E-state index >= 15 is 0 Å². The van der Waals surface area contributed by atoms with Gasteiger partial charge >= 0.3 is 0 Å².